The zero-order valence-electron chi connectivity index (χ0n) is 23.3. The highest BCUT2D eigenvalue weighted by atomic mass is 19.4. The van der Waals surface area contributed by atoms with E-state index < -0.39 is 59.2 Å². The molecule has 2 aliphatic carbocycles. The van der Waals surface area contributed by atoms with Crippen molar-refractivity contribution in [3.8, 4) is 5.75 Å². The van der Waals surface area contributed by atoms with Gasteiger partial charge in [0.2, 0.25) is 5.91 Å². The molecule has 0 radical (unpaired) electrons. The Labute approximate surface area is 247 Å². The topological polar surface area (TPSA) is 87.7 Å². The van der Waals surface area contributed by atoms with Crippen LogP contribution in [-0.2, 0) is 15.8 Å². The predicted octanol–water partition coefficient (Wildman–Crippen LogP) is 5.76. The number of nitrogens with one attached hydrogen (secondary N) is 2. The molecule has 3 unspecified atom stereocenters. The van der Waals surface area contributed by atoms with Gasteiger partial charge in [0.25, 0.3) is 5.91 Å². The molecular weight excluding hydrogens is 599 g/mol. The van der Waals surface area contributed by atoms with Gasteiger partial charge in [-0.25, -0.2) is 4.39 Å². The molecule has 236 valence electrons. The molecule has 3 fully saturated rings. The van der Waals surface area contributed by atoms with Crippen LogP contribution in [0.25, 0.3) is 0 Å². The lowest BCUT2D eigenvalue weighted by Crippen LogP contribution is -2.40. The Bertz CT molecular complexity index is 1500. The molecule has 2 aromatic rings. The van der Waals surface area contributed by atoms with Gasteiger partial charge in [0.15, 0.2) is 5.78 Å². The molecule has 44 heavy (non-hydrogen) atoms. The summed E-state index contributed by atoms with van der Waals surface area (Å²) in [7, 11) is 1.36. The number of carbonyl (C=O) groups is 3. The second-order valence-electron chi connectivity index (χ2n) is 11.2. The van der Waals surface area contributed by atoms with E-state index in [9.17, 15) is 45.1 Å². The van der Waals surface area contributed by atoms with Crippen LogP contribution in [0, 0.1) is 29.5 Å². The molecule has 2 saturated carbocycles. The zero-order chi connectivity index (χ0) is 32.0. The van der Waals surface area contributed by atoms with Crippen molar-refractivity contribution in [3.05, 3.63) is 65.0 Å². The summed E-state index contributed by atoms with van der Waals surface area (Å²) in [6.07, 6.45) is -8.59. The average molecular weight is 628 g/mol. The highest BCUT2D eigenvalue weighted by Gasteiger charge is 2.55. The molecule has 2 aromatic carbocycles. The lowest BCUT2D eigenvalue weighted by Gasteiger charge is -2.30. The summed E-state index contributed by atoms with van der Waals surface area (Å²) in [6.45, 7) is 0.448. The third-order valence-electron chi connectivity index (χ3n) is 8.55. The number of halogens is 7. The third-order valence-corrected chi connectivity index (χ3v) is 8.55. The second-order valence-corrected chi connectivity index (χ2v) is 11.2. The van der Waals surface area contributed by atoms with E-state index in [1.165, 1.54) is 7.11 Å². The van der Waals surface area contributed by atoms with E-state index in [0.29, 0.717) is 37.2 Å². The second kappa shape index (κ2) is 11.8. The first-order chi connectivity index (χ1) is 20.7. The summed E-state index contributed by atoms with van der Waals surface area (Å²) in [4.78, 5) is 40.3. The van der Waals surface area contributed by atoms with Crippen molar-refractivity contribution in [3.63, 3.8) is 0 Å². The molecule has 0 spiro atoms. The Morgan fingerprint density at radius 2 is 1.77 bits per heavy atom. The number of hydrogen-bond acceptors (Lipinski definition) is 5. The summed E-state index contributed by atoms with van der Waals surface area (Å²) >= 11 is 0. The number of fused-ring (bicyclic) bond motifs is 2. The van der Waals surface area contributed by atoms with E-state index in [1.807, 2.05) is 0 Å². The van der Waals surface area contributed by atoms with Gasteiger partial charge in [0.05, 0.1) is 24.8 Å². The molecule has 1 heterocycles. The maximum Gasteiger partial charge on any atom is 0.419 e. The molecule has 1 saturated heterocycles. The third kappa shape index (κ3) is 6.39. The molecule has 5 rings (SSSR count). The van der Waals surface area contributed by atoms with Crippen molar-refractivity contribution < 1.29 is 49.9 Å². The fraction of sp³-hybridized carbons (Fsp3) is 0.433. The highest BCUT2D eigenvalue weighted by Crippen LogP contribution is 2.57. The van der Waals surface area contributed by atoms with Crippen LogP contribution in [0.1, 0.15) is 35.2 Å². The minimum Gasteiger partial charge on any atom is -0.496 e. The number of nitrogens with zero attached hydrogens (tertiary/aromatic N) is 1. The first-order valence-corrected chi connectivity index (χ1v) is 13.9. The van der Waals surface area contributed by atoms with E-state index in [-0.39, 0.29) is 53.9 Å². The van der Waals surface area contributed by atoms with Crippen LogP contribution in [0.4, 0.5) is 42.1 Å². The number of alkyl halides is 6. The van der Waals surface area contributed by atoms with Crippen LogP contribution < -0.4 is 20.3 Å². The summed E-state index contributed by atoms with van der Waals surface area (Å²) < 4.78 is 99.2. The van der Waals surface area contributed by atoms with Crippen molar-refractivity contribution in [2.24, 2.45) is 23.7 Å². The Balaban J connectivity index is 1.39. The van der Waals surface area contributed by atoms with Gasteiger partial charge in [-0.15, -0.1) is 0 Å². The summed E-state index contributed by atoms with van der Waals surface area (Å²) in [6, 6.07) is 6.70. The van der Waals surface area contributed by atoms with Crippen molar-refractivity contribution in [1.29, 1.82) is 0 Å². The van der Waals surface area contributed by atoms with Crippen LogP contribution >= 0.6 is 0 Å². The monoisotopic (exact) mass is 627 g/mol. The van der Waals surface area contributed by atoms with Crippen LogP contribution in [-0.4, -0.2) is 50.5 Å². The molecular formula is C30H28F7N3O4. The van der Waals surface area contributed by atoms with E-state index in [0.717, 1.165) is 6.07 Å². The number of amides is 2. The number of hydrogen-bond donors (Lipinski definition) is 2. The van der Waals surface area contributed by atoms with Crippen LogP contribution in [0.3, 0.4) is 0 Å². The number of methoxy groups -OCH3 is 1. The van der Waals surface area contributed by atoms with Crippen LogP contribution in [0.5, 0.6) is 5.75 Å². The number of carbonyl (C=O) groups excluding carboxylic acids is 3. The van der Waals surface area contributed by atoms with Gasteiger partial charge in [0, 0.05) is 42.9 Å². The molecule has 7 nitrogen and oxygen atoms in total. The van der Waals surface area contributed by atoms with Gasteiger partial charge < -0.3 is 20.3 Å². The molecule has 0 aromatic heterocycles. The first-order valence-electron chi connectivity index (χ1n) is 13.9. The number of Topliss-reactive ketones (excluding diaryl/α,β-unsaturated/α-hetero) is 1. The zero-order valence-corrected chi connectivity index (χ0v) is 23.3. The molecule has 14 heteroatoms. The predicted molar refractivity (Wildman–Crippen MR) is 145 cm³/mol. The first kappa shape index (κ1) is 31.3. The van der Waals surface area contributed by atoms with Crippen molar-refractivity contribution >= 4 is 29.0 Å². The molecule has 2 amide bonds. The Morgan fingerprint density at radius 1 is 1.05 bits per heavy atom. The minimum atomic E-state index is -5.03. The number of anilines is 2. The van der Waals surface area contributed by atoms with Crippen LogP contribution in [0.2, 0.25) is 0 Å². The molecule has 2 bridgehead atoms. The summed E-state index contributed by atoms with van der Waals surface area (Å²) in [5.41, 5.74) is -1.24. The van der Waals surface area contributed by atoms with Gasteiger partial charge in [-0.3, -0.25) is 14.4 Å². The van der Waals surface area contributed by atoms with Crippen molar-refractivity contribution in [2.75, 3.05) is 37.0 Å². The lowest BCUT2D eigenvalue weighted by atomic mass is 9.78. The van der Waals surface area contributed by atoms with Crippen LogP contribution in [0.15, 0.2) is 48.0 Å². The Morgan fingerprint density at radius 3 is 2.41 bits per heavy atom. The van der Waals surface area contributed by atoms with Crippen molar-refractivity contribution in [1.82, 2.24) is 5.32 Å². The molecule has 4 atom stereocenters. The number of ether oxygens (including phenoxy) is 1. The maximum atomic E-state index is 13.8. The largest absolute Gasteiger partial charge is 0.496 e. The Hall–Kier alpha value is -4.10. The lowest BCUT2D eigenvalue weighted by molar-refractivity contribution is -0.140. The molecule has 2 N–H and O–H groups in total. The van der Waals surface area contributed by atoms with E-state index in [2.05, 4.69) is 10.6 Å². The molecule has 3 aliphatic rings. The summed E-state index contributed by atoms with van der Waals surface area (Å²) in [5, 5.41) is 5.03. The van der Waals surface area contributed by atoms with Gasteiger partial charge >= 0.3 is 12.4 Å². The van der Waals surface area contributed by atoms with E-state index in [1.54, 1.807) is 23.1 Å². The highest BCUT2D eigenvalue weighted by molar-refractivity contribution is 5.99. The number of benzene rings is 2. The van der Waals surface area contributed by atoms with Gasteiger partial charge in [-0.1, -0.05) is 5.57 Å². The van der Waals surface area contributed by atoms with E-state index in [4.69, 9.17) is 4.74 Å². The quantitative estimate of drug-likeness (QED) is 0.301. The van der Waals surface area contributed by atoms with Gasteiger partial charge in [-0.05, 0) is 67.0 Å². The fourth-order valence-electron chi connectivity index (χ4n) is 6.69. The standard InChI is InChI=1S/C30H28F7N3O4/c1-44-25-7-3-16(40-9-8-17(41)14-40)11-20(25)27(42)38-13-22-18-4-5-19(21(18)12-29(32,33)34)26(22)28(43)39-15-2-6-24(31)23(10-15)30(35,36)37/h2-3,6-7,10-12,18-19,22,26H,4-5,8-9,13-14H2,1H3,(H,38,42)(H,39,43)/b21-12+/t18?,19?,22?,26-/m0/s1. The van der Waals surface area contributed by atoms with Crippen molar-refractivity contribution in [2.45, 2.75) is 31.6 Å². The normalized spacial score (nSPS) is 24.2. The Kier molecular flexibility index (Phi) is 8.38. The maximum absolute atomic E-state index is 13.8. The minimum absolute atomic E-state index is 0.00487. The average Bonchev–Trinajstić information content (AvgIpc) is 3.63. The smallest absolute Gasteiger partial charge is 0.419 e. The number of allylic oxidation sites excluding steroid dienone is 2. The van der Waals surface area contributed by atoms with Gasteiger partial charge in [0.1, 0.15) is 11.6 Å². The number of rotatable bonds is 7. The number of ketones is 1. The fourth-order valence-corrected chi connectivity index (χ4v) is 6.69. The SMILES string of the molecule is COc1ccc(N2CCC(=O)C2)cc1C(=O)NCC1C2CCC(/C2=C/C(F)(F)F)[C@@H]1C(=O)Nc1ccc(F)c(C(F)(F)F)c1. The molecule has 1 aliphatic heterocycles. The summed E-state index contributed by atoms with van der Waals surface area (Å²) in [5.74, 6) is -6.20. The van der Waals surface area contributed by atoms with E-state index >= 15 is 0 Å². The van der Waals surface area contributed by atoms with Gasteiger partial charge in [-0.2, -0.15) is 26.3 Å².